The van der Waals surface area contributed by atoms with E-state index in [0.717, 1.165) is 25.4 Å². The first-order valence-corrected chi connectivity index (χ1v) is 8.64. The fourth-order valence-electron chi connectivity index (χ4n) is 2.59. The first-order chi connectivity index (χ1) is 11.2. The van der Waals surface area contributed by atoms with Gasteiger partial charge in [0.05, 0.1) is 11.8 Å². The molecule has 2 heterocycles. The van der Waals surface area contributed by atoms with E-state index in [1.807, 2.05) is 17.0 Å². The topological polar surface area (TPSA) is 36.7 Å². The average Bonchev–Trinajstić information content (AvgIpc) is 3.11. The first kappa shape index (κ1) is 16.1. The molecule has 0 atom stereocenters. The van der Waals surface area contributed by atoms with Crippen LogP contribution in [-0.4, -0.2) is 54.2 Å². The molecule has 6 heteroatoms. The van der Waals surface area contributed by atoms with Crippen LogP contribution in [0.5, 0.6) is 0 Å². The van der Waals surface area contributed by atoms with Crippen LogP contribution in [0, 0.1) is 5.82 Å². The van der Waals surface area contributed by atoms with Crippen molar-refractivity contribution in [3.8, 4) is 0 Å². The molecule has 122 valence electrons. The SMILES string of the molecule is O=C(c1ccoc1)N1CCN(CCSc2ccccc2F)CC1. The van der Waals surface area contributed by atoms with Crippen molar-refractivity contribution in [2.45, 2.75) is 4.90 Å². The van der Waals surface area contributed by atoms with Gasteiger partial charge in [0.2, 0.25) is 0 Å². The third kappa shape index (κ3) is 4.14. The van der Waals surface area contributed by atoms with Crippen LogP contribution in [0.3, 0.4) is 0 Å². The number of rotatable bonds is 5. The van der Waals surface area contributed by atoms with Crippen LogP contribution in [0.25, 0.3) is 0 Å². The molecule has 0 unspecified atom stereocenters. The predicted molar refractivity (Wildman–Crippen MR) is 88.2 cm³/mol. The number of amides is 1. The van der Waals surface area contributed by atoms with E-state index in [-0.39, 0.29) is 11.7 Å². The molecule has 1 amide bonds. The van der Waals surface area contributed by atoms with Gasteiger partial charge in [-0.05, 0) is 18.2 Å². The molecule has 1 aliphatic heterocycles. The van der Waals surface area contributed by atoms with Crippen LogP contribution in [0.1, 0.15) is 10.4 Å². The number of carbonyl (C=O) groups is 1. The Morgan fingerprint density at radius 3 is 2.65 bits per heavy atom. The molecule has 2 aromatic rings. The molecule has 1 fully saturated rings. The van der Waals surface area contributed by atoms with E-state index >= 15 is 0 Å². The van der Waals surface area contributed by atoms with Gasteiger partial charge in [0.15, 0.2) is 0 Å². The van der Waals surface area contributed by atoms with Gasteiger partial charge in [-0.25, -0.2) is 4.39 Å². The lowest BCUT2D eigenvalue weighted by Gasteiger charge is -2.34. The molecule has 1 aliphatic rings. The van der Waals surface area contributed by atoms with E-state index < -0.39 is 0 Å². The maximum absolute atomic E-state index is 13.5. The summed E-state index contributed by atoms with van der Waals surface area (Å²) in [4.78, 5) is 17.1. The molecule has 0 N–H and O–H groups in total. The second kappa shape index (κ2) is 7.66. The minimum absolute atomic E-state index is 0.0270. The summed E-state index contributed by atoms with van der Waals surface area (Å²) in [6, 6.07) is 8.55. The van der Waals surface area contributed by atoms with Crippen molar-refractivity contribution in [2.75, 3.05) is 38.5 Å². The zero-order valence-electron chi connectivity index (χ0n) is 12.8. The minimum Gasteiger partial charge on any atom is -0.472 e. The van der Waals surface area contributed by atoms with E-state index in [4.69, 9.17) is 4.42 Å². The summed E-state index contributed by atoms with van der Waals surface area (Å²) >= 11 is 1.54. The average molecular weight is 334 g/mol. The molecule has 0 spiro atoms. The number of furan rings is 1. The number of nitrogens with zero attached hydrogens (tertiary/aromatic N) is 2. The predicted octanol–water partition coefficient (Wildman–Crippen LogP) is 2.97. The van der Waals surface area contributed by atoms with E-state index in [1.54, 1.807) is 12.1 Å². The van der Waals surface area contributed by atoms with E-state index in [1.165, 1.54) is 30.4 Å². The molecule has 0 saturated carbocycles. The van der Waals surface area contributed by atoms with Gasteiger partial charge in [0, 0.05) is 43.4 Å². The summed E-state index contributed by atoms with van der Waals surface area (Å²) < 4.78 is 18.5. The highest BCUT2D eigenvalue weighted by Gasteiger charge is 2.22. The Morgan fingerprint density at radius 1 is 1.17 bits per heavy atom. The Morgan fingerprint density at radius 2 is 1.96 bits per heavy atom. The molecular weight excluding hydrogens is 315 g/mol. The molecule has 3 rings (SSSR count). The quantitative estimate of drug-likeness (QED) is 0.788. The monoisotopic (exact) mass is 334 g/mol. The van der Waals surface area contributed by atoms with Crippen molar-refractivity contribution < 1.29 is 13.6 Å². The molecule has 1 saturated heterocycles. The van der Waals surface area contributed by atoms with Crippen LogP contribution in [-0.2, 0) is 0 Å². The van der Waals surface area contributed by atoms with Gasteiger partial charge in [0.25, 0.3) is 5.91 Å². The van der Waals surface area contributed by atoms with Crippen molar-refractivity contribution in [3.63, 3.8) is 0 Å². The summed E-state index contributed by atoms with van der Waals surface area (Å²) in [6.07, 6.45) is 3.00. The second-order valence-corrected chi connectivity index (χ2v) is 6.56. The third-order valence-electron chi connectivity index (χ3n) is 3.93. The van der Waals surface area contributed by atoms with Crippen molar-refractivity contribution in [3.05, 3.63) is 54.2 Å². The molecule has 0 bridgehead atoms. The lowest BCUT2D eigenvalue weighted by atomic mass is 10.2. The number of piperazine rings is 1. The van der Waals surface area contributed by atoms with E-state index in [0.29, 0.717) is 23.5 Å². The van der Waals surface area contributed by atoms with Crippen LogP contribution in [0.4, 0.5) is 4.39 Å². The highest BCUT2D eigenvalue weighted by Crippen LogP contribution is 2.21. The van der Waals surface area contributed by atoms with Crippen molar-refractivity contribution in [1.82, 2.24) is 9.80 Å². The van der Waals surface area contributed by atoms with Crippen LogP contribution in [0.2, 0.25) is 0 Å². The van der Waals surface area contributed by atoms with Crippen LogP contribution in [0.15, 0.2) is 52.2 Å². The van der Waals surface area contributed by atoms with Crippen molar-refractivity contribution in [1.29, 1.82) is 0 Å². The largest absolute Gasteiger partial charge is 0.472 e. The molecule has 1 aromatic heterocycles. The number of thioether (sulfide) groups is 1. The lowest BCUT2D eigenvalue weighted by Crippen LogP contribution is -2.49. The summed E-state index contributed by atoms with van der Waals surface area (Å²) in [5, 5.41) is 0. The van der Waals surface area contributed by atoms with Gasteiger partial charge in [-0.2, -0.15) is 0 Å². The Labute approximate surface area is 139 Å². The molecule has 1 aromatic carbocycles. The van der Waals surface area contributed by atoms with Gasteiger partial charge < -0.3 is 9.32 Å². The highest BCUT2D eigenvalue weighted by molar-refractivity contribution is 7.99. The fraction of sp³-hybridized carbons (Fsp3) is 0.353. The van der Waals surface area contributed by atoms with Gasteiger partial charge in [0.1, 0.15) is 12.1 Å². The van der Waals surface area contributed by atoms with Crippen LogP contribution < -0.4 is 0 Å². The maximum Gasteiger partial charge on any atom is 0.257 e. The van der Waals surface area contributed by atoms with Crippen molar-refractivity contribution in [2.24, 2.45) is 0 Å². The maximum atomic E-state index is 13.5. The zero-order valence-corrected chi connectivity index (χ0v) is 13.6. The first-order valence-electron chi connectivity index (χ1n) is 7.65. The molecule has 0 aliphatic carbocycles. The summed E-state index contributed by atoms with van der Waals surface area (Å²) in [5.41, 5.74) is 0.605. The van der Waals surface area contributed by atoms with Crippen LogP contribution >= 0.6 is 11.8 Å². The normalized spacial score (nSPS) is 15.8. The summed E-state index contributed by atoms with van der Waals surface area (Å²) in [7, 11) is 0. The number of halogens is 1. The fourth-order valence-corrected chi connectivity index (χ4v) is 3.54. The number of benzene rings is 1. The summed E-state index contributed by atoms with van der Waals surface area (Å²) in [6.45, 7) is 4.03. The third-order valence-corrected chi connectivity index (χ3v) is 4.96. The summed E-state index contributed by atoms with van der Waals surface area (Å²) in [5.74, 6) is 0.712. The highest BCUT2D eigenvalue weighted by atomic mass is 32.2. The standard InChI is InChI=1S/C17H19FN2O2S/c18-15-3-1-2-4-16(15)23-12-10-19-6-8-20(9-7-19)17(21)14-5-11-22-13-14/h1-5,11,13H,6-10,12H2. The molecule has 23 heavy (non-hydrogen) atoms. The van der Waals surface area contributed by atoms with Gasteiger partial charge in [-0.3, -0.25) is 9.69 Å². The number of hydrogen-bond donors (Lipinski definition) is 0. The van der Waals surface area contributed by atoms with Gasteiger partial charge in [-0.1, -0.05) is 12.1 Å². The smallest absolute Gasteiger partial charge is 0.257 e. The van der Waals surface area contributed by atoms with Gasteiger partial charge >= 0.3 is 0 Å². The zero-order chi connectivity index (χ0) is 16.1. The minimum atomic E-state index is -0.159. The Balaban J connectivity index is 1.41. The molecular formula is C17H19FN2O2S. The van der Waals surface area contributed by atoms with E-state index in [9.17, 15) is 9.18 Å². The van der Waals surface area contributed by atoms with E-state index in [2.05, 4.69) is 4.90 Å². The van der Waals surface area contributed by atoms with Gasteiger partial charge in [-0.15, -0.1) is 11.8 Å². The molecule has 0 radical (unpaired) electrons. The number of carbonyl (C=O) groups excluding carboxylic acids is 1. The Kier molecular flexibility index (Phi) is 5.35. The Bertz CT molecular complexity index is 640. The Hall–Kier alpha value is -1.79. The van der Waals surface area contributed by atoms with Crippen molar-refractivity contribution >= 4 is 17.7 Å². The molecule has 4 nitrogen and oxygen atoms in total. The second-order valence-electron chi connectivity index (χ2n) is 5.42. The number of hydrogen-bond acceptors (Lipinski definition) is 4. The lowest BCUT2D eigenvalue weighted by molar-refractivity contribution is 0.0644.